The molecule has 0 rings (SSSR count). The zero-order chi connectivity index (χ0) is 72.5. The molecule has 2 atom stereocenters. The summed E-state index contributed by atoms with van der Waals surface area (Å²) >= 11 is 0. The van der Waals surface area contributed by atoms with E-state index in [0.717, 1.165) is 38.5 Å². The molecule has 0 aliphatic carbocycles. The Bertz CT molecular complexity index is 1730. The Balaban J connectivity index is 3.82. The third-order valence-electron chi connectivity index (χ3n) is 21.0. The van der Waals surface area contributed by atoms with Crippen molar-refractivity contribution >= 4 is 19.8 Å². The van der Waals surface area contributed by atoms with Crippen molar-refractivity contribution in [1.82, 2.24) is 0 Å². The molecule has 2 unspecified atom stereocenters. The number of phosphoric acid groups is 1. The summed E-state index contributed by atoms with van der Waals surface area (Å²) in [5.74, 6) is -0.801. The van der Waals surface area contributed by atoms with Gasteiger partial charge in [-0.3, -0.25) is 14.2 Å². The molecule has 0 aromatic carbocycles. The number of rotatable bonds is 86. The van der Waals surface area contributed by atoms with E-state index in [-0.39, 0.29) is 32.0 Å². The van der Waals surface area contributed by atoms with Gasteiger partial charge in [-0.15, -0.1) is 0 Å². The first-order valence-electron chi connectivity index (χ1n) is 45.0. The molecule has 0 spiro atoms. The lowest BCUT2D eigenvalue weighted by Gasteiger charge is -2.28. The highest BCUT2D eigenvalue weighted by atomic mass is 31.2. The fraction of sp³-hybridized carbons (Fsp3) is 0.933. The second-order valence-corrected chi connectivity index (χ2v) is 33.7. The van der Waals surface area contributed by atoms with E-state index in [2.05, 4.69) is 38.2 Å². The van der Waals surface area contributed by atoms with Crippen LogP contribution in [0.1, 0.15) is 489 Å². The summed E-state index contributed by atoms with van der Waals surface area (Å²) in [5.41, 5.74) is 0. The number of esters is 2. The van der Waals surface area contributed by atoms with Gasteiger partial charge in [-0.25, -0.2) is 0 Å². The van der Waals surface area contributed by atoms with Crippen LogP contribution in [0.25, 0.3) is 0 Å². The van der Waals surface area contributed by atoms with Crippen LogP contribution < -0.4 is 4.89 Å². The number of carbonyl (C=O) groups excluding carboxylic acids is 2. The standard InChI is InChI=1S/C90H176NO8P/c1-6-8-10-12-14-16-18-20-22-24-26-28-30-32-34-36-38-40-42-44-45-47-48-50-52-54-56-58-60-62-64-66-68-70-72-74-76-78-80-82-89(92)96-86-88(87-98-100(94,95)97-85-84-91(3,4)5)99-90(93)83-81-79-77-75-73-71-69-67-65-63-61-59-57-55-53-51-49-46-43-41-39-37-35-33-31-29-27-25-23-21-19-17-15-13-11-9-7-2/h19,21,25,27,88H,6-18,20,22-24,26,28-87H2,1-5H3/b21-19-,27-25-. The first-order valence-corrected chi connectivity index (χ1v) is 46.5. The van der Waals surface area contributed by atoms with E-state index in [0.29, 0.717) is 17.4 Å². The van der Waals surface area contributed by atoms with E-state index in [1.54, 1.807) is 0 Å². The summed E-state index contributed by atoms with van der Waals surface area (Å²) < 4.78 is 34.5. The van der Waals surface area contributed by atoms with Crippen molar-refractivity contribution in [2.75, 3.05) is 47.5 Å². The van der Waals surface area contributed by atoms with Crippen LogP contribution in [0.4, 0.5) is 0 Å². The number of hydrogen-bond donors (Lipinski definition) is 0. The Morgan fingerprint density at radius 1 is 0.310 bits per heavy atom. The van der Waals surface area contributed by atoms with Crippen LogP contribution in [-0.4, -0.2) is 70.0 Å². The van der Waals surface area contributed by atoms with Gasteiger partial charge in [-0.1, -0.05) is 456 Å². The van der Waals surface area contributed by atoms with Gasteiger partial charge >= 0.3 is 11.9 Å². The van der Waals surface area contributed by atoms with E-state index in [9.17, 15) is 19.0 Å². The third kappa shape index (κ3) is 85.4. The van der Waals surface area contributed by atoms with Crippen LogP contribution in [0, 0.1) is 0 Å². The molecule has 0 N–H and O–H groups in total. The zero-order valence-corrected chi connectivity index (χ0v) is 69.1. The average molecular weight is 1430 g/mol. The normalized spacial score (nSPS) is 13.0. The molecule has 0 aliphatic rings. The number of nitrogens with zero attached hydrogens (tertiary/aromatic N) is 1. The lowest BCUT2D eigenvalue weighted by molar-refractivity contribution is -0.870. The highest BCUT2D eigenvalue weighted by Crippen LogP contribution is 2.38. The van der Waals surface area contributed by atoms with E-state index in [4.69, 9.17) is 18.5 Å². The van der Waals surface area contributed by atoms with E-state index >= 15 is 0 Å². The van der Waals surface area contributed by atoms with Gasteiger partial charge < -0.3 is 27.9 Å². The number of carbonyl (C=O) groups is 2. The van der Waals surface area contributed by atoms with Gasteiger partial charge in [0.25, 0.3) is 7.82 Å². The lowest BCUT2D eigenvalue weighted by Crippen LogP contribution is -2.37. The molecule has 0 radical (unpaired) electrons. The molecule has 0 bridgehead atoms. The number of ether oxygens (including phenoxy) is 2. The summed E-state index contributed by atoms with van der Waals surface area (Å²) in [6.45, 7) is 4.33. The summed E-state index contributed by atoms with van der Waals surface area (Å²) in [6, 6.07) is 0. The zero-order valence-electron chi connectivity index (χ0n) is 68.2. The Kier molecular flexibility index (Phi) is 80.3. The van der Waals surface area contributed by atoms with Crippen molar-refractivity contribution in [2.45, 2.75) is 495 Å². The van der Waals surface area contributed by atoms with Crippen LogP contribution in [0.15, 0.2) is 24.3 Å². The van der Waals surface area contributed by atoms with E-state index in [1.807, 2.05) is 21.1 Å². The van der Waals surface area contributed by atoms with Crippen molar-refractivity contribution in [1.29, 1.82) is 0 Å². The predicted octanol–water partition coefficient (Wildman–Crippen LogP) is 29.7. The highest BCUT2D eigenvalue weighted by Gasteiger charge is 2.22. The molecule has 0 aromatic rings. The number of hydrogen-bond acceptors (Lipinski definition) is 8. The van der Waals surface area contributed by atoms with Crippen LogP contribution in [0.3, 0.4) is 0 Å². The maximum atomic E-state index is 12.9. The average Bonchev–Trinajstić information content (AvgIpc) is 1.02. The maximum Gasteiger partial charge on any atom is 0.306 e. The minimum Gasteiger partial charge on any atom is -0.756 e. The van der Waals surface area contributed by atoms with Crippen molar-refractivity contribution in [3.63, 3.8) is 0 Å². The van der Waals surface area contributed by atoms with Gasteiger partial charge in [-0.2, -0.15) is 0 Å². The second-order valence-electron chi connectivity index (χ2n) is 32.3. The first kappa shape index (κ1) is 98.5. The lowest BCUT2D eigenvalue weighted by atomic mass is 10.0. The monoisotopic (exact) mass is 1430 g/mol. The molecular weight excluding hydrogens is 1250 g/mol. The van der Waals surface area contributed by atoms with Gasteiger partial charge in [-0.05, 0) is 44.9 Å². The number of phosphoric ester groups is 1. The number of unbranched alkanes of at least 4 members (excludes halogenated alkanes) is 68. The molecule has 10 heteroatoms. The largest absolute Gasteiger partial charge is 0.756 e. The van der Waals surface area contributed by atoms with Gasteiger partial charge in [0.1, 0.15) is 19.8 Å². The second kappa shape index (κ2) is 81.6. The maximum absolute atomic E-state index is 12.9. The van der Waals surface area contributed by atoms with E-state index in [1.165, 1.54) is 417 Å². The molecule has 9 nitrogen and oxygen atoms in total. The Morgan fingerprint density at radius 2 is 0.540 bits per heavy atom. The third-order valence-corrected chi connectivity index (χ3v) is 21.9. The molecule has 0 aliphatic heterocycles. The molecule has 100 heavy (non-hydrogen) atoms. The Morgan fingerprint density at radius 3 is 0.790 bits per heavy atom. The van der Waals surface area contributed by atoms with E-state index < -0.39 is 26.5 Å². The predicted molar refractivity (Wildman–Crippen MR) is 435 cm³/mol. The highest BCUT2D eigenvalue weighted by molar-refractivity contribution is 7.45. The minimum absolute atomic E-state index is 0.0259. The van der Waals surface area contributed by atoms with Crippen molar-refractivity contribution in [2.24, 2.45) is 0 Å². The molecule has 0 heterocycles. The first-order chi connectivity index (χ1) is 49.0. The number of likely N-dealkylation sites (N-methyl/N-ethyl adjacent to an activating group) is 1. The molecule has 0 fully saturated rings. The van der Waals surface area contributed by atoms with Crippen molar-refractivity contribution < 1.29 is 42.1 Å². The summed E-state index contributed by atoms with van der Waals surface area (Å²) in [4.78, 5) is 38.3. The molecule has 0 saturated heterocycles. The molecule has 0 saturated carbocycles. The SMILES string of the molecule is CCCCCCC/C=C\C/C=C\CCCCCCCCCCCCCCCCCCCCCCCCCCCC(=O)OC(COC(=O)CCCCCCCCCCCCCCCCCCCCCCCCCCCCCCCCCCCCCCCCC)COP(=O)([O-])OCC[N+](C)(C)C. The topological polar surface area (TPSA) is 111 Å². The fourth-order valence-corrected chi connectivity index (χ4v) is 14.8. The minimum atomic E-state index is -4.64. The quantitative estimate of drug-likeness (QED) is 0.0195. The molecule has 594 valence electrons. The molecule has 0 amide bonds. The van der Waals surface area contributed by atoms with Gasteiger partial charge in [0.15, 0.2) is 6.10 Å². The Hall–Kier alpha value is -1.51. The van der Waals surface area contributed by atoms with Gasteiger partial charge in [0, 0.05) is 12.8 Å². The van der Waals surface area contributed by atoms with Crippen molar-refractivity contribution in [3.8, 4) is 0 Å². The Labute approximate surface area is 625 Å². The summed E-state index contributed by atoms with van der Waals surface area (Å²) in [6.07, 6.45) is 106. The van der Waals surface area contributed by atoms with Crippen LogP contribution >= 0.6 is 7.82 Å². The van der Waals surface area contributed by atoms with Crippen LogP contribution in [-0.2, 0) is 32.7 Å². The fourth-order valence-electron chi connectivity index (χ4n) is 14.1. The van der Waals surface area contributed by atoms with Gasteiger partial charge in [0.05, 0.1) is 27.7 Å². The molecular formula is C90H176NO8P. The number of allylic oxidation sites excluding steroid dienone is 4. The number of quaternary nitrogens is 1. The van der Waals surface area contributed by atoms with Crippen LogP contribution in [0.5, 0.6) is 0 Å². The van der Waals surface area contributed by atoms with Gasteiger partial charge in [0.2, 0.25) is 0 Å². The summed E-state index contributed by atoms with van der Waals surface area (Å²) in [7, 11) is 1.20. The van der Waals surface area contributed by atoms with Crippen molar-refractivity contribution in [3.05, 3.63) is 24.3 Å². The summed E-state index contributed by atoms with van der Waals surface area (Å²) in [5, 5.41) is 0. The smallest absolute Gasteiger partial charge is 0.306 e. The van der Waals surface area contributed by atoms with Crippen LogP contribution in [0.2, 0.25) is 0 Å². The molecule has 0 aromatic heterocycles.